The molecule has 57 heavy (non-hydrogen) atoms. The molecule has 3 heterocycles. The minimum atomic E-state index is 0.784. The Morgan fingerprint density at radius 2 is 0.825 bits per heavy atom. The van der Waals surface area contributed by atoms with Crippen LogP contribution in [0.1, 0.15) is 16.7 Å². The first kappa shape index (κ1) is 32.9. The molecule has 268 valence electrons. The maximum Gasteiger partial charge on any atom is 0.218 e. The summed E-state index contributed by atoms with van der Waals surface area (Å²) >= 11 is 0. The lowest BCUT2D eigenvalue weighted by Crippen LogP contribution is -2.05. The molecule has 0 spiro atoms. The summed E-state index contributed by atoms with van der Waals surface area (Å²) in [5.74, 6) is 0. The van der Waals surface area contributed by atoms with Crippen molar-refractivity contribution in [3.05, 3.63) is 205 Å². The summed E-state index contributed by atoms with van der Waals surface area (Å²) in [5, 5.41) is 5.07. The maximum atomic E-state index is 2.36. The van der Waals surface area contributed by atoms with Gasteiger partial charge in [0.05, 0.1) is 39.6 Å². The molecule has 3 nitrogen and oxygen atoms in total. The first-order valence-corrected chi connectivity index (χ1v) is 19.6. The molecule has 0 bridgehead atoms. The highest BCUT2D eigenvalue weighted by Crippen LogP contribution is 2.44. The van der Waals surface area contributed by atoms with Gasteiger partial charge in [0.2, 0.25) is 11.4 Å². The van der Waals surface area contributed by atoms with Crippen molar-refractivity contribution in [1.29, 1.82) is 0 Å². The van der Waals surface area contributed by atoms with Gasteiger partial charge in [-0.3, -0.25) is 0 Å². The van der Waals surface area contributed by atoms with Gasteiger partial charge in [0.1, 0.15) is 0 Å². The van der Waals surface area contributed by atoms with Gasteiger partial charge in [-0.05, 0) is 82.4 Å². The van der Waals surface area contributed by atoms with E-state index in [4.69, 9.17) is 0 Å². The number of fused-ring (bicyclic) bond motifs is 9. The highest BCUT2D eigenvalue weighted by Gasteiger charge is 2.30. The molecule has 0 unspecified atom stereocenters. The van der Waals surface area contributed by atoms with Gasteiger partial charge in [-0.25, -0.2) is 0 Å². The van der Waals surface area contributed by atoms with E-state index in [1.807, 2.05) is 0 Å². The standard InChI is InChI=1S/C54H38N3/c1-7-19-49-43(13-1)44-14-2-8-20-50(44)55(49)32-29-38-25-27-41(28-26-38)42-36-39(30-33-56-51-21-9-3-15-45(51)46-16-4-10-22-52(46)56)35-40(37-42)31-34-57-53-23-11-5-17-47(53)48-18-6-12-24-54(48)57/h1-30,32-37H,31H2/q+1/b32-29-,33-30+. The van der Waals surface area contributed by atoms with Crippen molar-refractivity contribution in [2.45, 2.75) is 6.42 Å². The lowest BCUT2D eigenvalue weighted by molar-refractivity contribution is 1.11. The third-order valence-corrected chi connectivity index (χ3v) is 11.5. The molecule has 0 aliphatic carbocycles. The topological polar surface area (TPSA) is 12.9 Å². The summed E-state index contributed by atoms with van der Waals surface area (Å²) in [4.78, 5) is 0. The van der Waals surface area contributed by atoms with Crippen molar-refractivity contribution >= 4 is 85.8 Å². The Labute approximate surface area is 331 Å². The first-order valence-electron chi connectivity index (χ1n) is 19.6. The van der Waals surface area contributed by atoms with E-state index in [1.165, 1.54) is 82.8 Å². The Balaban J connectivity index is 0.975. The minimum absolute atomic E-state index is 0.784. The van der Waals surface area contributed by atoms with E-state index in [1.54, 1.807) is 0 Å². The molecule has 0 amide bonds. The summed E-state index contributed by atoms with van der Waals surface area (Å²) in [6.07, 6.45) is 12.0. The van der Waals surface area contributed by atoms with E-state index in [-0.39, 0.29) is 0 Å². The molecule has 0 radical (unpaired) electrons. The van der Waals surface area contributed by atoms with Crippen molar-refractivity contribution < 1.29 is 0 Å². The molecular formula is C54H38N3+. The second-order valence-corrected chi connectivity index (χ2v) is 14.8. The summed E-state index contributed by atoms with van der Waals surface area (Å²) in [5.41, 5.74) is 15.8. The van der Waals surface area contributed by atoms with Crippen LogP contribution in [0.25, 0.3) is 90.4 Å². The van der Waals surface area contributed by atoms with Crippen LogP contribution in [0.2, 0.25) is 0 Å². The number of para-hydroxylation sites is 6. The summed E-state index contributed by atoms with van der Waals surface area (Å²) in [6, 6.07) is 68.0. The third-order valence-electron chi connectivity index (χ3n) is 11.5. The zero-order chi connectivity index (χ0) is 37.7. The van der Waals surface area contributed by atoms with E-state index in [0.717, 1.165) is 17.5 Å². The fourth-order valence-electron chi connectivity index (χ4n) is 8.78. The van der Waals surface area contributed by atoms with Crippen LogP contribution < -0.4 is 4.58 Å². The zero-order valence-electron chi connectivity index (χ0n) is 31.3. The normalized spacial score (nSPS) is 12.5. The Bertz CT molecular complexity index is 3100. The zero-order valence-corrected chi connectivity index (χ0v) is 31.3. The maximum absolute atomic E-state index is 2.36. The monoisotopic (exact) mass is 728 g/mol. The van der Waals surface area contributed by atoms with Crippen LogP contribution in [0.5, 0.6) is 0 Å². The third kappa shape index (κ3) is 5.71. The van der Waals surface area contributed by atoms with Gasteiger partial charge in [0.15, 0.2) is 6.21 Å². The van der Waals surface area contributed by atoms with Crippen LogP contribution in [0.3, 0.4) is 0 Å². The average Bonchev–Trinajstić information content (AvgIpc) is 3.90. The predicted molar refractivity (Wildman–Crippen MR) is 244 cm³/mol. The van der Waals surface area contributed by atoms with Crippen LogP contribution in [0.4, 0.5) is 11.4 Å². The highest BCUT2D eigenvalue weighted by atomic mass is 15.0. The van der Waals surface area contributed by atoms with Crippen LogP contribution >= 0.6 is 0 Å². The van der Waals surface area contributed by atoms with Gasteiger partial charge >= 0.3 is 0 Å². The minimum Gasteiger partial charge on any atom is -0.316 e. The number of benzene rings is 8. The first-order chi connectivity index (χ1) is 28.3. The fraction of sp³-hybridized carbons (Fsp3) is 0.0185. The molecular weight excluding hydrogens is 691 g/mol. The Morgan fingerprint density at radius 3 is 1.33 bits per heavy atom. The summed E-state index contributed by atoms with van der Waals surface area (Å²) < 4.78 is 6.98. The molecule has 10 aromatic rings. The average molecular weight is 729 g/mol. The van der Waals surface area contributed by atoms with Gasteiger partial charge in [-0.2, -0.15) is 4.58 Å². The second-order valence-electron chi connectivity index (χ2n) is 14.8. The number of hydrogen-bond donors (Lipinski definition) is 0. The number of hydrogen-bond acceptors (Lipinski definition) is 0. The van der Waals surface area contributed by atoms with Gasteiger partial charge in [0, 0.05) is 46.1 Å². The van der Waals surface area contributed by atoms with E-state index >= 15 is 0 Å². The molecule has 0 atom stereocenters. The lowest BCUT2D eigenvalue weighted by Gasteiger charge is -2.09. The van der Waals surface area contributed by atoms with Crippen LogP contribution in [0, 0.1) is 0 Å². The van der Waals surface area contributed by atoms with E-state index in [9.17, 15) is 0 Å². The molecule has 3 heteroatoms. The predicted octanol–water partition coefficient (Wildman–Crippen LogP) is 14.0. The van der Waals surface area contributed by atoms with Crippen LogP contribution in [0.15, 0.2) is 188 Å². The molecule has 1 aliphatic rings. The summed E-state index contributed by atoms with van der Waals surface area (Å²) in [7, 11) is 0. The van der Waals surface area contributed by atoms with Crippen molar-refractivity contribution in [2.24, 2.45) is 0 Å². The van der Waals surface area contributed by atoms with Crippen molar-refractivity contribution in [1.82, 2.24) is 13.7 Å². The van der Waals surface area contributed by atoms with Gasteiger partial charge in [-0.15, -0.1) is 0 Å². The molecule has 2 aromatic heterocycles. The molecule has 1 aliphatic heterocycles. The van der Waals surface area contributed by atoms with Crippen molar-refractivity contribution in [3.63, 3.8) is 0 Å². The summed E-state index contributed by atoms with van der Waals surface area (Å²) in [6.45, 7) is 0. The fourth-order valence-corrected chi connectivity index (χ4v) is 8.78. The second kappa shape index (κ2) is 13.7. The lowest BCUT2D eigenvalue weighted by atomic mass is 9.97. The largest absolute Gasteiger partial charge is 0.316 e. The molecule has 8 aromatic carbocycles. The van der Waals surface area contributed by atoms with Crippen LogP contribution in [-0.4, -0.2) is 15.3 Å². The Kier molecular flexibility index (Phi) is 7.89. The number of aromatic nitrogens is 2. The quantitative estimate of drug-likeness (QED) is 0.145. The number of nitrogens with zero attached hydrogens (tertiary/aromatic N) is 3. The van der Waals surface area contributed by atoms with E-state index in [0.29, 0.717) is 0 Å². The number of rotatable bonds is 7. The molecule has 11 rings (SSSR count). The highest BCUT2D eigenvalue weighted by molar-refractivity contribution is 6.10. The SMILES string of the molecule is C(Cc1cc(/C=C/n2c3ccccc3c3ccccc32)cc(-c2ccc(/C=C\n3c4ccccc4c4ccccc43)cc2)c1)=[N+]1c2ccccc2-c2ccccc21. The van der Waals surface area contributed by atoms with Crippen molar-refractivity contribution in [2.75, 3.05) is 0 Å². The molecule has 0 saturated heterocycles. The Morgan fingerprint density at radius 1 is 0.386 bits per heavy atom. The molecule has 0 N–H and O–H groups in total. The van der Waals surface area contributed by atoms with Crippen molar-refractivity contribution in [3.8, 4) is 22.3 Å². The van der Waals surface area contributed by atoms with E-state index in [2.05, 4.69) is 233 Å². The molecule has 0 fully saturated rings. The van der Waals surface area contributed by atoms with E-state index < -0.39 is 0 Å². The molecule has 0 saturated carbocycles. The Hall–Kier alpha value is -7.49. The van der Waals surface area contributed by atoms with Gasteiger partial charge in [-0.1, -0.05) is 133 Å². The van der Waals surface area contributed by atoms with Gasteiger partial charge < -0.3 is 9.13 Å². The smallest absolute Gasteiger partial charge is 0.218 e. The van der Waals surface area contributed by atoms with Crippen LogP contribution in [-0.2, 0) is 6.42 Å². The van der Waals surface area contributed by atoms with Gasteiger partial charge in [0.25, 0.3) is 0 Å².